The van der Waals surface area contributed by atoms with E-state index in [-0.39, 0.29) is 25.6 Å². The van der Waals surface area contributed by atoms with E-state index in [4.69, 9.17) is 27.8 Å². The molecule has 5 N–H and O–H groups in total. The minimum absolute atomic E-state index is 0.0903. The van der Waals surface area contributed by atoms with Gasteiger partial charge in [0, 0.05) is 30.2 Å². The van der Waals surface area contributed by atoms with Gasteiger partial charge in [0.25, 0.3) is 5.91 Å². The first-order valence-corrected chi connectivity index (χ1v) is 12.2. The fraction of sp³-hybridized carbons (Fsp3) is 0.625. The number of amides is 3. The van der Waals surface area contributed by atoms with Gasteiger partial charge in [0.2, 0.25) is 12.3 Å². The van der Waals surface area contributed by atoms with E-state index in [0.717, 1.165) is 25.9 Å². The van der Waals surface area contributed by atoms with E-state index in [9.17, 15) is 14.4 Å². The van der Waals surface area contributed by atoms with Gasteiger partial charge in [0.05, 0.1) is 6.54 Å². The molecule has 188 valence electrons. The Hall–Kier alpha value is -2.32. The quantitative estimate of drug-likeness (QED) is 0.511. The SMILES string of the molecule is C1CCCCC1.CC.NC(=O)COc1ccc(Cl)cc1CNC=O.NCC(=O)N1CCCC1. The Morgan fingerprint density at radius 1 is 1.06 bits per heavy atom. The van der Waals surface area contributed by atoms with Crippen molar-refractivity contribution in [1.29, 1.82) is 0 Å². The maximum atomic E-state index is 10.8. The molecule has 8 nitrogen and oxygen atoms in total. The number of likely N-dealkylation sites (tertiary alicyclic amines) is 1. The summed E-state index contributed by atoms with van der Waals surface area (Å²) < 4.78 is 5.16. The van der Waals surface area contributed by atoms with Crippen LogP contribution in [0.15, 0.2) is 18.2 Å². The van der Waals surface area contributed by atoms with Crippen molar-refractivity contribution in [1.82, 2.24) is 10.2 Å². The van der Waals surface area contributed by atoms with Gasteiger partial charge in [-0.05, 0) is 31.0 Å². The lowest BCUT2D eigenvalue weighted by atomic mass is 10.0. The molecule has 0 bridgehead atoms. The topological polar surface area (TPSA) is 128 Å². The summed E-state index contributed by atoms with van der Waals surface area (Å²) in [6.07, 6.45) is 11.9. The molecule has 33 heavy (non-hydrogen) atoms. The van der Waals surface area contributed by atoms with Crippen molar-refractivity contribution in [3.8, 4) is 5.75 Å². The van der Waals surface area contributed by atoms with E-state index in [1.165, 1.54) is 38.5 Å². The number of primary amides is 1. The molecule has 1 saturated carbocycles. The third kappa shape index (κ3) is 15.2. The second-order valence-electron chi connectivity index (χ2n) is 7.42. The van der Waals surface area contributed by atoms with Gasteiger partial charge in [-0.25, -0.2) is 0 Å². The summed E-state index contributed by atoms with van der Waals surface area (Å²) in [6.45, 7) is 6.06. The first-order chi connectivity index (χ1) is 16.0. The molecule has 1 aromatic rings. The van der Waals surface area contributed by atoms with Crippen LogP contribution in [0.25, 0.3) is 0 Å². The molecule has 1 heterocycles. The van der Waals surface area contributed by atoms with Crippen molar-refractivity contribution in [2.45, 2.75) is 71.8 Å². The number of ether oxygens (including phenoxy) is 1. The van der Waals surface area contributed by atoms with E-state index in [0.29, 0.717) is 22.7 Å². The van der Waals surface area contributed by atoms with Crippen LogP contribution < -0.4 is 21.5 Å². The first-order valence-electron chi connectivity index (χ1n) is 11.8. The molecule has 2 fully saturated rings. The van der Waals surface area contributed by atoms with Crippen molar-refractivity contribution < 1.29 is 19.1 Å². The van der Waals surface area contributed by atoms with Crippen LogP contribution in [-0.2, 0) is 20.9 Å². The fourth-order valence-electron chi connectivity index (χ4n) is 3.28. The molecule has 1 aromatic carbocycles. The second kappa shape index (κ2) is 20.3. The lowest BCUT2D eigenvalue weighted by Crippen LogP contribution is -2.33. The molecule has 2 aliphatic rings. The molecule has 0 atom stereocenters. The van der Waals surface area contributed by atoms with Crippen LogP contribution in [-0.4, -0.2) is 49.4 Å². The Morgan fingerprint density at radius 3 is 2.06 bits per heavy atom. The van der Waals surface area contributed by atoms with Gasteiger partial charge < -0.3 is 26.4 Å². The van der Waals surface area contributed by atoms with Gasteiger partial charge in [-0.1, -0.05) is 64.0 Å². The molecule has 0 radical (unpaired) electrons. The minimum Gasteiger partial charge on any atom is -0.483 e. The largest absolute Gasteiger partial charge is 0.483 e. The zero-order chi connectivity index (χ0) is 24.9. The number of hydrogen-bond donors (Lipinski definition) is 3. The zero-order valence-electron chi connectivity index (χ0n) is 20.1. The highest BCUT2D eigenvalue weighted by molar-refractivity contribution is 6.30. The highest BCUT2D eigenvalue weighted by atomic mass is 35.5. The number of rotatable bonds is 7. The highest BCUT2D eigenvalue weighted by Gasteiger charge is 2.15. The number of nitrogens with two attached hydrogens (primary N) is 2. The van der Waals surface area contributed by atoms with Crippen molar-refractivity contribution in [2.75, 3.05) is 26.2 Å². The molecule has 3 rings (SSSR count). The van der Waals surface area contributed by atoms with E-state index in [2.05, 4.69) is 5.32 Å². The number of carbonyl (C=O) groups is 3. The molecule has 0 aromatic heterocycles. The Bertz CT molecular complexity index is 667. The predicted molar refractivity (Wildman–Crippen MR) is 133 cm³/mol. The number of nitrogens with one attached hydrogen (secondary N) is 1. The van der Waals surface area contributed by atoms with E-state index >= 15 is 0 Å². The lowest BCUT2D eigenvalue weighted by Gasteiger charge is -2.12. The van der Waals surface area contributed by atoms with Gasteiger partial charge in [-0.15, -0.1) is 0 Å². The highest BCUT2D eigenvalue weighted by Crippen LogP contribution is 2.22. The van der Waals surface area contributed by atoms with Crippen LogP contribution in [0.5, 0.6) is 5.75 Å². The maximum absolute atomic E-state index is 10.8. The number of carbonyl (C=O) groups excluding carboxylic acids is 3. The third-order valence-corrected chi connectivity index (χ3v) is 5.14. The summed E-state index contributed by atoms with van der Waals surface area (Å²) in [5, 5.41) is 3.01. The minimum atomic E-state index is -0.566. The van der Waals surface area contributed by atoms with Gasteiger partial charge in [0.15, 0.2) is 6.61 Å². The van der Waals surface area contributed by atoms with Crippen molar-refractivity contribution in [2.24, 2.45) is 11.5 Å². The predicted octanol–water partition coefficient (Wildman–Crippen LogP) is 3.38. The summed E-state index contributed by atoms with van der Waals surface area (Å²) in [5.41, 5.74) is 10.8. The fourth-order valence-corrected chi connectivity index (χ4v) is 3.48. The third-order valence-electron chi connectivity index (χ3n) is 4.90. The summed E-state index contributed by atoms with van der Waals surface area (Å²) in [5.74, 6) is -0.00528. The van der Waals surface area contributed by atoms with Gasteiger partial charge in [-0.3, -0.25) is 14.4 Å². The van der Waals surface area contributed by atoms with Crippen LogP contribution in [0.4, 0.5) is 0 Å². The molecular formula is C24H41ClN4O4. The molecule has 1 aliphatic heterocycles. The summed E-state index contributed by atoms with van der Waals surface area (Å²) >= 11 is 5.80. The summed E-state index contributed by atoms with van der Waals surface area (Å²) in [7, 11) is 0. The van der Waals surface area contributed by atoms with Crippen LogP contribution >= 0.6 is 11.6 Å². The normalized spacial score (nSPS) is 14.2. The van der Waals surface area contributed by atoms with Gasteiger partial charge >= 0.3 is 0 Å². The first kappa shape index (κ1) is 30.7. The Balaban J connectivity index is 0.000000503. The zero-order valence-corrected chi connectivity index (χ0v) is 20.9. The van der Waals surface area contributed by atoms with Crippen molar-refractivity contribution in [3.05, 3.63) is 28.8 Å². The van der Waals surface area contributed by atoms with E-state index in [1.54, 1.807) is 18.2 Å². The number of halogens is 1. The van der Waals surface area contributed by atoms with Crippen molar-refractivity contribution in [3.63, 3.8) is 0 Å². The second-order valence-corrected chi connectivity index (χ2v) is 7.86. The van der Waals surface area contributed by atoms with Crippen LogP contribution in [0.2, 0.25) is 5.02 Å². The number of nitrogens with zero attached hydrogens (tertiary/aromatic N) is 1. The molecule has 0 unspecified atom stereocenters. The van der Waals surface area contributed by atoms with Crippen LogP contribution in [0, 0.1) is 0 Å². The van der Waals surface area contributed by atoms with Crippen LogP contribution in [0.3, 0.4) is 0 Å². The summed E-state index contributed by atoms with van der Waals surface area (Å²) in [6, 6.07) is 4.89. The average molecular weight is 485 g/mol. The van der Waals surface area contributed by atoms with E-state index in [1.807, 2.05) is 18.7 Å². The molecule has 9 heteroatoms. The molecular weight excluding hydrogens is 444 g/mol. The van der Waals surface area contributed by atoms with Crippen LogP contribution in [0.1, 0.15) is 70.8 Å². The molecule has 0 spiro atoms. The Morgan fingerprint density at radius 2 is 1.61 bits per heavy atom. The Kier molecular flexibility index (Phi) is 18.9. The smallest absolute Gasteiger partial charge is 0.255 e. The molecule has 1 saturated heterocycles. The Labute approximate surface area is 203 Å². The number of hydrogen-bond acceptors (Lipinski definition) is 5. The average Bonchev–Trinajstić information content (AvgIpc) is 3.40. The molecule has 1 aliphatic carbocycles. The van der Waals surface area contributed by atoms with E-state index < -0.39 is 5.91 Å². The van der Waals surface area contributed by atoms with Gasteiger partial charge in [-0.2, -0.15) is 0 Å². The van der Waals surface area contributed by atoms with Gasteiger partial charge in [0.1, 0.15) is 5.75 Å². The maximum Gasteiger partial charge on any atom is 0.255 e. The van der Waals surface area contributed by atoms with Crippen molar-refractivity contribution >= 4 is 29.8 Å². The standard InChI is InChI=1S/C10H11ClN2O3.C6H12N2O.C6H12.C2H6/c11-8-1-2-9(16-5-10(12)15)7(3-8)4-13-6-14;7-5-6(9)8-3-1-2-4-8;1-2-4-6-5-3-1;1-2/h1-3,6H,4-5H2,(H2,12,15)(H,13,14);1-5,7H2;1-6H2;1-2H3. The monoisotopic (exact) mass is 484 g/mol. The summed E-state index contributed by atoms with van der Waals surface area (Å²) in [4.78, 5) is 33.4. The lowest BCUT2D eigenvalue weighted by molar-refractivity contribution is -0.128. The molecule has 3 amide bonds. The number of benzene rings is 1.